The Hall–Kier alpha value is -2.62. The standard InChI is InChI=1S/C18H14O4/c19-17(20)15-13-9-5-1-2-6-10(9)14(16(15)18(21)22)12-8-4-3-7-11(12)13/h1-3,5-7,15-16H,4,8H2,(H,19,20)(H,21,22). The maximum absolute atomic E-state index is 11.8. The second kappa shape index (κ2) is 4.44. The van der Waals surface area contributed by atoms with Crippen molar-refractivity contribution in [2.75, 3.05) is 0 Å². The number of hydrogen-bond donors (Lipinski definition) is 2. The van der Waals surface area contributed by atoms with Gasteiger partial charge in [-0.05, 0) is 45.9 Å². The van der Waals surface area contributed by atoms with E-state index >= 15 is 0 Å². The summed E-state index contributed by atoms with van der Waals surface area (Å²) >= 11 is 0. The molecule has 0 amide bonds. The fourth-order valence-corrected chi connectivity index (χ4v) is 4.01. The zero-order valence-electron chi connectivity index (χ0n) is 11.7. The zero-order chi connectivity index (χ0) is 15.4. The van der Waals surface area contributed by atoms with E-state index < -0.39 is 23.8 Å². The number of rotatable bonds is 2. The molecule has 0 spiro atoms. The molecule has 0 saturated carbocycles. The fourth-order valence-electron chi connectivity index (χ4n) is 4.01. The van der Waals surface area contributed by atoms with Crippen molar-refractivity contribution in [3.05, 3.63) is 52.6 Å². The van der Waals surface area contributed by atoms with Crippen molar-refractivity contribution in [3.63, 3.8) is 0 Å². The quantitative estimate of drug-likeness (QED) is 0.892. The Kier molecular flexibility index (Phi) is 2.64. The van der Waals surface area contributed by atoms with Crippen LogP contribution in [-0.4, -0.2) is 22.2 Å². The predicted octanol–water partition coefficient (Wildman–Crippen LogP) is 3.15. The number of hydrogen-bond acceptors (Lipinski definition) is 2. The van der Waals surface area contributed by atoms with Gasteiger partial charge in [-0.1, -0.05) is 36.4 Å². The molecule has 2 atom stereocenters. The van der Waals surface area contributed by atoms with Crippen LogP contribution >= 0.6 is 0 Å². The van der Waals surface area contributed by atoms with Gasteiger partial charge in [0.1, 0.15) is 5.92 Å². The highest BCUT2D eigenvalue weighted by molar-refractivity contribution is 6.06. The van der Waals surface area contributed by atoms with Crippen LogP contribution in [0.1, 0.15) is 40.5 Å². The largest absolute Gasteiger partial charge is 0.481 e. The molecule has 3 aliphatic rings. The lowest BCUT2D eigenvalue weighted by Gasteiger charge is -2.36. The summed E-state index contributed by atoms with van der Waals surface area (Å²) in [6.07, 6.45) is 5.62. The molecular weight excluding hydrogens is 280 g/mol. The van der Waals surface area contributed by atoms with Crippen molar-refractivity contribution >= 4 is 28.8 Å². The summed E-state index contributed by atoms with van der Waals surface area (Å²) in [6.45, 7) is 0. The molecule has 2 aromatic carbocycles. The van der Waals surface area contributed by atoms with Gasteiger partial charge in [-0.3, -0.25) is 9.59 Å². The van der Waals surface area contributed by atoms with Crippen LogP contribution in [0, 0.1) is 0 Å². The van der Waals surface area contributed by atoms with E-state index in [9.17, 15) is 19.8 Å². The molecule has 2 aromatic rings. The Bertz CT molecular complexity index is 863. The SMILES string of the molecule is O=C(O)C1c2c3c(c(c4ccccc24)C1C(=O)O)CCC=C3. The smallest absolute Gasteiger partial charge is 0.312 e. The molecule has 0 aromatic heterocycles. The third-order valence-electron chi connectivity index (χ3n) is 4.78. The Morgan fingerprint density at radius 3 is 2.18 bits per heavy atom. The molecule has 0 aliphatic heterocycles. The molecule has 4 heteroatoms. The van der Waals surface area contributed by atoms with Gasteiger partial charge in [-0.15, -0.1) is 0 Å². The van der Waals surface area contributed by atoms with Crippen molar-refractivity contribution < 1.29 is 19.8 Å². The first-order valence-corrected chi connectivity index (χ1v) is 7.30. The van der Waals surface area contributed by atoms with Gasteiger partial charge in [0.15, 0.2) is 0 Å². The summed E-state index contributed by atoms with van der Waals surface area (Å²) < 4.78 is 0. The molecule has 0 saturated heterocycles. The lowest BCUT2D eigenvalue weighted by molar-refractivity contribution is -0.147. The summed E-state index contributed by atoms with van der Waals surface area (Å²) in [4.78, 5) is 23.6. The minimum Gasteiger partial charge on any atom is -0.481 e. The van der Waals surface area contributed by atoms with Gasteiger partial charge in [-0.2, -0.15) is 0 Å². The summed E-state index contributed by atoms with van der Waals surface area (Å²) in [6, 6.07) is 7.54. The first-order chi connectivity index (χ1) is 10.6. The third-order valence-corrected chi connectivity index (χ3v) is 4.78. The fraction of sp³-hybridized carbons (Fsp3) is 0.222. The molecule has 5 rings (SSSR count). The van der Waals surface area contributed by atoms with Crippen LogP contribution in [0.25, 0.3) is 16.8 Å². The zero-order valence-corrected chi connectivity index (χ0v) is 11.7. The molecule has 0 heterocycles. The molecule has 110 valence electrons. The van der Waals surface area contributed by atoms with Gasteiger partial charge in [-0.25, -0.2) is 0 Å². The number of benzene rings is 2. The number of carbonyl (C=O) groups is 2. The van der Waals surface area contributed by atoms with E-state index in [4.69, 9.17) is 0 Å². The molecule has 3 aliphatic carbocycles. The van der Waals surface area contributed by atoms with Gasteiger partial charge in [0.25, 0.3) is 0 Å². The summed E-state index contributed by atoms with van der Waals surface area (Å²) in [7, 11) is 0. The number of aliphatic carboxylic acids is 2. The maximum atomic E-state index is 11.8. The van der Waals surface area contributed by atoms with Crippen molar-refractivity contribution in [1.29, 1.82) is 0 Å². The van der Waals surface area contributed by atoms with Gasteiger partial charge in [0, 0.05) is 0 Å². The van der Waals surface area contributed by atoms with Crippen LogP contribution in [-0.2, 0) is 16.0 Å². The van der Waals surface area contributed by atoms with E-state index in [1.807, 2.05) is 36.4 Å². The molecule has 0 fully saturated rings. The average Bonchev–Trinajstić information content (AvgIpc) is 2.53. The van der Waals surface area contributed by atoms with E-state index in [2.05, 4.69) is 0 Å². The molecule has 0 radical (unpaired) electrons. The monoisotopic (exact) mass is 294 g/mol. The van der Waals surface area contributed by atoms with Crippen molar-refractivity contribution in [3.8, 4) is 0 Å². The molecule has 4 nitrogen and oxygen atoms in total. The van der Waals surface area contributed by atoms with Crippen LogP contribution in [0.15, 0.2) is 30.3 Å². The van der Waals surface area contributed by atoms with Gasteiger partial charge in [0.2, 0.25) is 0 Å². The normalized spacial score (nSPS) is 21.8. The first-order valence-electron chi connectivity index (χ1n) is 7.30. The van der Waals surface area contributed by atoms with Crippen molar-refractivity contribution in [2.45, 2.75) is 24.7 Å². The van der Waals surface area contributed by atoms with Crippen LogP contribution in [0.5, 0.6) is 0 Å². The van der Waals surface area contributed by atoms with Crippen LogP contribution in [0.3, 0.4) is 0 Å². The van der Waals surface area contributed by atoms with E-state index in [0.29, 0.717) is 11.1 Å². The molecular formula is C18H14O4. The number of carboxylic acids is 2. The lowest BCUT2D eigenvalue weighted by atomic mass is 9.65. The average molecular weight is 294 g/mol. The topological polar surface area (TPSA) is 74.6 Å². The van der Waals surface area contributed by atoms with E-state index in [1.165, 1.54) is 0 Å². The molecule has 2 bridgehead atoms. The van der Waals surface area contributed by atoms with E-state index in [-0.39, 0.29) is 0 Å². The number of fused-ring (bicyclic) bond motifs is 1. The first kappa shape index (κ1) is 13.1. The van der Waals surface area contributed by atoms with Gasteiger partial charge in [0.05, 0.1) is 5.92 Å². The lowest BCUT2D eigenvalue weighted by Crippen LogP contribution is -2.33. The number of carboxylic acid groups (broad SMARTS) is 2. The Morgan fingerprint density at radius 2 is 1.55 bits per heavy atom. The number of allylic oxidation sites excluding steroid dienone is 1. The minimum absolute atomic E-state index is 0.663. The summed E-state index contributed by atoms with van der Waals surface area (Å²) in [5, 5.41) is 21.1. The van der Waals surface area contributed by atoms with Crippen LogP contribution < -0.4 is 0 Å². The Morgan fingerprint density at radius 1 is 0.955 bits per heavy atom. The van der Waals surface area contributed by atoms with Crippen LogP contribution in [0.4, 0.5) is 0 Å². The second-order valence-corrected chi connectivity index (χ2v) is 5.84. The molecule has 22 heavy (non-hydrogen) atoms. The van der Waals surface area contributed by atoms with E-state index in [1.54, 1.807) is 0 Å². The van der Waals surface area contributed by atoms with Gasteiger partial charge >= 0.3 is 11.9 Å². The summed E-state index contributed by atoms with van der Waals surface area (Å²) in [5.74, 6) is -4.13. The Labute approximate surface area is 126 Å². The minimum atomic E-state index is -1.07. The van der Waals surface area contributed by atoms with Crippen molar-refractivity contribution in [2.24, 2.45) is 0 Å². The van der Waals surface area contributed by atoms with Crippen molar-refractivity contribution in [1.82, 2.24) is 0 Å². The maximum Gasteiger partial charge on any atom is 0.312 e. The Balaban J connectivity index is 2.21. The molecule has 2 N–H and O–H groups in total. The van der Waals surface area contributed by atoms with Crippen LogP contribution in [0.2, 0.25) is 0 Å². The predicted molar refractivity (Wildman–Crippen MR) is 82.1 cm³/mol. The second-order valence-electron chi connectivity index (χ2n) is 5.84. The van der Waals surface area contributed by atoms with Gasteiger partial charge < -0.3 is 10.2 Å². The highest BCUT2D eigenvalue weighted by Crippen LogP contribution is 2.52. The summed E-state index contributed by atoms with van der Waals surface area (Å²) in [5.41, 5.74) is 3.30. The third kappa shape index (κ3) is 1.52. The highest BCUT2D eigenvalue weighted by atomic mass is 16.4. The van der Waals surface area contributed by atoms with E-state index in [0.717, 1.165) is 34.7 Å². The molecule has 2 unspecified atom stereocenters. The highest BCUT2D eigenvalue weighted by Gasteiger charge is 2.46.